The Hall–Kier alpha value is -2.85. The molecular formula is C26H32Cl2N2O7. The Morgan fingerprint density at radius 2 is 1.57 bits per heavy atom. The number of amides is 2. The number of nitrogens with one attached hydrogen (secondary N) is 2. The minimum absolute atomic E-state index is 0.00836. The molecule has 3 unspecified atom stereocenters. The van der Waals surface area contributed by atoms with Gasteiger partial charge in [-0.1, -0.05) is 47.5 Å². The first-order valence-corrected chi connectivity index (χ1v) is 12.4. The maximum absolute atomic E-state index is 12.5. The maximum Gasteiger partial charge on any atom is 0.408 e. The normalized spacial score (nSPS) is 13.7. The quantitative estimate of drug-likeness (QED) is 0.330. The van der Waals surface area contributed by atoms with E-state index in [1.54, 1.807) is 58.0 Å². The molecule has 2 aromatic rings. The first-order valence-electron chi connectivity index (χ1n) is 11.6. The minimum Gasteiger partial charge on any atom is -0.464 e. The lowest BCUT2D eigenvalue weighted by molar-refractivity contribution is -0.160. The van der Waals surface area contributed by atoms with Crippen LogP contribution in [0.1, 0.15) is 33.3 Å². The van der Waals surface area contributed by atoms with Crippen LogP contribution in [0, 0.1) is 0 Å². The number of hydrogen-bond acceptors (Lipinski definition) is 7. The number of rotatable bonds is 10. The van der Waals surface area contributed by atoms with Crippen molar-refractivity contribution in [3.8, 4) is 11.1 Å². The largest absolute Gasteiger partial charge is 0.464 e. The van der Waals surface area contributed by atoms with Crippen molar-refractivity contribution in [1.29, 1.82) is 0 Å². The fourth-order valence-electron chi connectivity index (χ4n) is 3.38. The van der Waals surface area contributed by atoms with Crippen LogP contribution in [-0.2, 0) is 25.5 Å². The topological polar surface area (TPSA) is 134 Å². The van der Waals surface area contributed by atoms with Crippen LogP contribution in [0.2, 0.25) is 10.0 Å². The molecular weight excluding hydrogens is 523 g/mol. The van der Waals surface area contributed by atoms with Crippen molar-refractivity contribution >= 4 is 41.2 Å². The second-order valence-corrected chi connectivity index (χ2v) is 10.1. The summed E-state index contributed by atoms with van der Waals surface area (Å²) in [4.78, 5) is 36.4. The second-order valence-electron chi connectivity index (χ2n) is 9.28. The smallest absolute Gasteiger partial charge is 0.408 e. The van der Waals surface area contributed by atoms with Crippen molar-refractivity contribution in [2.75, 3.05) is 13.2 Å². The van der Waals surface area contributed by atoms with Gasteiger partial charge in [-0.3, -0.25) is 4.79 Å². The van der Waals surface area contributed by atoms with Gasteiger partial charge in [0.15, 0.2) is 6.10 Å². The average molecular weight is 555 g/mol. The summed E-state index contributed by atoms with van der Waals surface area (Å²) in [7, 11) is 0. The fourth-order valence-corrected chi connectivity index (χ4v) is 3.90. The third kappa shape index (κ3) is 10.2. The number of benzene rings is 2. The second kappa shape index (κ2) is 13.6. The average Bonchev–Trinajstić information content (AvgIpc) is 2.80. The van der Waals surface area contributed by atoms with Crippen LogP contribution in [0.25, 0.3) is 11.1 Å². The van der Waals surface area contributed by atoms with Gasteiger partial charge in [0.2, 0.25) is 5.91 Å². The number of esters is 1. The molecule has 0 aliphatic rings. The van der Waals surface area contributed by atoms with Crippen molar-refractivity contribution in [3.05, 3.63) is 58.1 Å². The predicted molar refractivity (Wildman–Crippen MR) is 140 cm³/mol. The number of carbonyl (C=O) groups excluding carboxylic acids is 3. The minimum atomic E-state index is -1.89. The molecule has 202 valence electrons. The number of aliphatic hydroxyl groups is 2. The Balaban J connectivity index is 2.16. The summed E-state index contributed by atoms with van der Waals surface area (Å²) < 4.78 is 9.88. The summed E-state index contributed by atoms with van der Waals surface area (Å²) in [5, 5.41) is 26.8. The molecule has 37 heavy (non-hydrogen) atoms. The van der Waals surface area contributed by atoms with Crippen LogP contribution in [0.4, 0.5) is 4.79 Å². The maximum atomic E-state index is 12.5. The van der Waals surface area contributed by atoms with Gasteiger partial charge in [0.25, 0.3) is 0 Å². The molecule has 0 bridgehead atoms. The van der Waals surface area contributed by atoms with E-state index in [-0.39, 0.29) is 13.0 Å². The van der Waals surface area contributed by atoms with E-state index in [0.29, 0.717) is 15.6 Å². The van der Waals surface area contributed by atoms with Crippen molar-refractivity contribution in [1.82, 2.24) is 10.6 Å². The van der Waals surface area contributed by atoms with E-state index in [1.807, 2.05) is 12.1 Å². The Labute approximate surface area is 226 Å². The van der Waals surface area contributed by atoms with Crippen LogP contribution >= 0.6 is 23.2 Å². The van der Waals surface area contributed by atoms with E-state index in [1.165, 1.54) is 0 Å². The Kier molecular flexibility index (Phi) is 11.2. The van der Waals surface area contributed by atoms with Gasteiger partial charge in [-0.2, -0.15) is 0 Å². The van der Waals surface area contributed by atoms with Crippen LogP contribution in [0.3, 0.4) is 0 Å². The zero-order valence-electron chi connectivity index (χ0n) is 21.1. The van der Waals surface area contributed by atoms with Gasteiger partial charge in [-0.05, 0) is 69.0 Å². The van der Waals surface area contributed by atoms with Crippen molar-refractivity contribution in [2.45, 2.75) is 58.0 Å². The molecule has 9 nitrogen and oxygen atoms in total. The molecule has 2 amide bonds. The number of ether oxygens (including phenoxy) is 2. The lowest BCUT2D eigenvalue weighted by Gasteiger charge is -2.27. The van der Waals surface area contributed by atoms with E-state index in [4.69, 9.17) is 32.7 Å². The molecule has 4 N–H and O–H groups in total. The molecule has 0 spiro atoms. The van der Waals surface area contributed by atoms with Crippen molar-refractivity contribution in [3.63, 3.8) is 0 Å². The molecule has 0 heterocycles. The first-order chi connectivity index (χ1) is 17.3. The van der Waals surface area contributed by atoms with E-state index in [2.05, 4.69) is 10.6 Å². The van der Waals surface area contributed by atoms with Gasteiger partial charge in [-0.15, -0.1) is 0 Å². The molecule has 11 heteroatoms. The first kappa shape index (κ1) is 30.4. The van der Waals surface area contributed by atoms with Crippen LogP contribution in [0.15, 0.2) is 42.5 Å². The third-order valence-corrected chi connectivity index (χ3v) is 5.44. The molecule has 2 rings (SSSR count). The third-order valence-electron chi connectivity index (χ3n) is 5.01. The summed E-state index contributed by atoms with van der Waals surface area (Å²) in [6, 6.07) is 11.2. The molecule has 0 aromatic heterocycles. The van der Waals surface area contributed by atoms with Gasteiger partial charge < -0.3 is 30.3 Å². The van der Waals surface area contributed by atoms with Crippen LogP contribution in [0.5, 0.6) is 0 Å². The van der Waals surface area contributed by atoms with E-state index in [0.717, 1.165) is 11.1 Å². The van der Waals surface area contributed by atoms with Gasteiger partial charge in [0, 0.05) is 10.0 Å². The van der Waals surface area contributed by atoms with Gasteiger partial charge >= 0.3 is 12.1 Å². The van der Waals surface area contributed by atoms with Gasteiger partial charge in [0.1, 0.15) is 18.2 Å². The summed E-state index contributed by atoms with van der Waals surface area (Å²) in [6.07, 6.45) is -4.30. The van der Waals surface area contributed by atoms with Crippen molar-refractivity contribution in [2.24, 2.45) is 0 Å². The zero-order valence-corrected chi connectivity index (χ0v) is 22.6. The van der Waals surface area contributed by atoms with Gasteiger partial charge in [0.05, 0.1) is 12.6 Å². The number of aliphatic hydroxyl groups excluding tert-OH is 2. The number of alkyl carbamates (subject to hydrolysis) is 1. The Bertz CT molecular complexity index is 1070. The summed E-state index contributed by atoms with van der Waals surface area (Å²) >= 11 is 12.2. The standard InChI is InChI=1S/C26H32Cl2N2O7/c1-5-36-24(34)23(33)22(32)20(30-21(31)14-29-25(35)37-26(2,3)4)10-15-6-8-16(9-7-15)17-11-18(27)13-19(28)12-17/h6-9,11-13,20,22-23,32-33H,5,10,14H2,1-4H3,(H,29,35)(H,30,31). The van der Waals surface area contributed by atoms with E-state index >= 15 is 0 Å². The lowest BCUT2D eigenvalue weighted by Crippen LogP contribution is -2.54. The lowest BCUT2D eigenvalue weighted by atomic mass is 9.96. The van der Waals surface area contributed by atoms with Crippen molar-refractivity contribution < 1.29 is 34.1 Å². The highest BCUT2D eigenvalue weighted by atomic mass is 35.5. The molecule has 0 saturated carbocycles. The molecule has 0 saturated heterocycles. The summed E-state index contributed by atoms with van der Waals surface area (Å²) in [6.45, 7) is 6.18. The summed E-state index contributed by atoms with van der Waals surface area (Å²) in [5.74, 6) is -1.68. The highest BCUT2D eigenvalue weighted by molar-refractivity contribution is 6.35. The van der Waals surface area contributed by atoms with Crippen LogP contribution < -0.4 is 10.6 Å². The number of carbonyl (C=O) groups is 3. The van der Waals surface area contributed by atoms with Crippen LogP contribution in [-0.4, -0.2) is 65.2 Å². The van der Waals surface area contributed by atoms with E-state index < -0.39 is 48.4 Å². The molecule has 0 aliphatic carbocycles. The zero-order chi connectivity index (χ0) is 27.8. The molecule has 0 aliphatic heterocycles. The monoisotopic (exact) mass is 554 g/mol. The Morgan fingerprint density at radius 1 is 0.973 bits per heavy atom. The molecule has 2 aromatic carbocycles. The Morgan fingerprint density at radius 3 is 2.11 bits per heavy atom. The van der Waals surface area contributed by atoms with Gasteiger partial charge in [-0.25, -0.2) is 9.59 Å². The predicted octanol–water partition coefficient (Wildman–Crippen LogP) is 3.50. The highest BCUT2D eigenvalue weighted by Gasteiger charge is 2.33. The number of halogens is 2. The van der Waals surface area contributed by atoms with E-state index in [9.17, 15) is 24.6 Å². The molecule has 0 radical (unpaired) electrons. The summed E-state index contributed by atoms with van der Waals surface area (Å²) in [5.41, 5.74) is 1.59. The fraction of sp³-hybridized carbons (Fsp3) is 0.423. The molecule has 3 atom stereocenters. The number of hydrogen-bond donors (Lipinski definition) is 4. The SMILES string of the molecule is CCOC(=O)C(O)C(O)C(Cc1ccc(-c2cc(Cl)cc(Cl)c2)cc1)NC(=O)CNC(=O)OC(C)(C)C. The molecule has 0 fully saturated rings. The highest BCUT2D eigenvalue weighted by Crippen LogP contribution is 2.27.